The molecule has 0 amide bonds. The highest BCUT2D eigenvalue weighted by Crippen LogP contribution is 2.21. The van der Waals surface area contributed by atoms with Gasteiger partial charge in [0.1, 0.15) is 24.3 Å². The third kappa shape index (κ3) is 3.53. The van der Waals surface area contributed by atoms with E-state index in [4.69, 9.17) is 10.5 Å². The molecule has 0 aliphatic heterocycles. The first kappa shape index (κ1) is 13.5. The van der Waals surface area contributed by atoms with Gasteiger partial charge in [0.15, 0.2) is 0 Å². The third-order valence-electron chi connectivity index (χ3n) is 2.82. The molecule has 0 saturated heterocycles. The van der Waals surface area contributed by atoms with Crippen LogP contribution in [-0.2, 0) is 6.54 Å². The molecule has 0 saturated carbocycles. The van der Waals surface area contributed by atoms with Gasteiger partial charge < -0.3 is 15.6 Å². The van der Waals surface area contributed by atoms with Crippen molar-refractivity contribution >= 4 is 0 Å². The minimum Gasteiger partial charge on any atom is -0.490 e. The van der Waals surface area contributed by atoms with Gasteiger partial charge in [-0.15, -0.1) is 0 Å². The highest BCUT2D eigenvalue weighted by Gasteiger charge is 2.10. The Morgan fingerprint density at radius 1 is 1.16 bits per heavy atom. The Bertz CT molecular complexity index is 531. The van der Waals surface area contributed by atoms with Crippen molar-refractivity contribution in [3.05, 3.63) is 65.5 Å². The first-order valence-corrected chi connectivity index (χ1v) is 6.05. The van der Waals surface area contributed by atoms with Crippen molar-refractivity contribution in [1.29, 1.82) is 0 Å². The molecular formula is C15H16FNO2. The monoisotopic (exact) mass is 261 g/mol. The molecule has 100 valence electrons. The summed E-state index contributed by atoms with van der Waals surface area (Å²) in [6.45, 7) is 0.289. The van der Waals surface area contributed by atoms with E-state index in [0.717, 1.165) is 5.56 Å². The molecule has 2 aromatic rings. The van der Waals surface area contributed by atoms with E-state index in [0.29, 0.717) is 11.3 Å². The maximum absolute atomic E-state index is 13.0. The summed E-state index contributed by atoms with van der Waals surface area (Å²) in [5.41, 5.74) is 6.89. The normalized spacial score (nSPS) is 12.2. The molecule has 0 aliphatic carbocycles. The molecule has 0 heterocycles. The predicted molar refractivity (Wildman–Crippen MR) is 71.2 cm³/mol. The number of rotatable bonds is 5. The van der Waals surface area contributed by atoms with Crippen molar-refractivity contribution in [2.24, 2.45) is 5.73 Å². The third-order valence-corrected chi connectivity index (χ3v) is 2.82. The second-order valence-electron chi connectivity index (χ2n) is 4.19. The average Bonchev–Trinajstić information content (AvgIpc) is 2.46. The van der Waals surface area contributed by atoms with E-state index in [1.54, 1.807) is 0 Å². The summed E-state index contributed by atoms with van der Waals surface area (Å²) in [6.07, 6.45) is -0.725. The second kappa shape index (κ2) is 6.31. The summed E-state index contributed by atoms with van der Waals surface area (Å²) >= 11 is 0. The summed E-state index contributed by atoms with van der Waals surface area (Å²) in [6, 6.07) is 13.4. The predicted octanol–water partition coefficient (Wildman–Crippen LogP) is 2.40. The molecule has 3 N–H and O–H groups in total. The number of halogens is 1. The molecule has 2 aromatic carbocycles. The minimum atomic E-state index is -0.725. The van der Waals surface area contributed by atoms with Crippen LogP contribution in [0, 0.1) is 5.82 Å². The van der Waals surface area contributed by atoms with Crippen molar-refractivity contribution in [1.82, 2.24) is 0 Å². The maximum Gasteiger partial charge on any atom is 0.124 e. The van der Waals surface area contributed by atoms with Crippen molar-refractivity contribution in [2.75, 3.05) is 6.61 Å². The van der Waals surface area contributed by atoms with Crippen LogP contribution in [0.5, 0.6) is 5.75 Å². The molecule has 0 spiro atoms. The van der Waals surface area contributed by atoms with Gasteiger partial charge >= 0.3 is 0 Å². The highest BCUT2D eigenvalue weighted by atomic mass is 19.1. The molecule has 2 rings (SSSR count). The standard InChI is InChI=1S/C15H16FNO2/c16-13-6-7-15(12(8-13)9-17)19-10-14(18)11-4-2-1-3-5-11/h1-8,14,18H,9-10,17H2. The number of nitrogens with two attached hydrogens (primary N) is 1. The number of hydrogen-bond acceptors (Lipinski definition) is 3. The fourth-order valence-electron chi connectivity index (χ4n) is 1.79. The molecule has 1 unspecified atom stereocenters. The van der Waals surface area contributed by atoms with E-state index in [1.165, 1.54) is 18.2 Å². The van der Waals surface area contributed by atoms with Gasteiger partial charge in [0.25, 0.3) is 0 Å². The van der Waals surface area contributed by atoms with Crippen molar-refractivity contribution in [3.63, 3.8) is 0 Å². The lowest BCUT2D eigenvalue weighted by atomic mass is 10.1. The molecule has 0 fully saturated rings. The van der Waals surface area contributed by atoms with Gasteiger partial charge in [0.2, 0.25) is 0 Å². The van der Waals surface area contributed by atoms with Gasteiger partial charge in [-0.05, 0) is 23.8 Å². The second-order valence-corrected chi connectivity index (χ2v) is 4.19. The van der Waals surface area contributed by atoms with E-state index in [2.05, 4.69) is 0 Å². The van der Waals surface area contributed by atoms with Crippen molar-refractivity contribution in [3.8, 4) is 5.75 Å². The van der Waals surface area contributed by atoms with E-state index < -0.39 is 6.10 Å². The Morgan fingerprint density at radius 3 is 2.58 bits per heavy atom. The summed E-state index contributed by atoms with van der Waals surface area (Å²) in [5.74, 6) is 0.148. The summed E-state index contributed by atoms with van der Waals surface area (Å²) in [4.78, 5) is 0. The fourth-order valence-corrected chi connectivity index (χ4v) is 1.79. The van der Waals surface area contributed by atoms with Crippen LogP contribution >= 0.6 is 0 Å². The zero-order valence-electron chi connectivity index (χ0n) is 10.4. The summed E-state index contributed by atoms with van der Waals surface area (Å²) in [5, 5.41) is 9.97. The largest absolute Gasteiger partial charge is 0.490 e. The van der Waals surface area contributed by atoms with Gasteiger partial charge in [-0.1, -0.05) is 30.3 Å². The first-order valence-electron chi connectivity index (χ1n) is 6.05. The molecular weight excluding hydrogens is 245 g/mol. The van der Waals surface area contributed by atoms with Gasteiger partial charge in [-0.25, -0.2) is 4.39 Å². The van der Waals surface area contributed by atoms with Crippen LogP contribution in [0.4, 0.5) is 4.39 Å². The van der Waals surface area contributed by atoms with Crippen molar-refractivity contribution in [2.45, 2.75) is 12.6 Å². The molecule has 0 bridgehead atoms. The lowest BCUT2D eigenvalue weighted by Crippen LogP contribution is -2.11. The lowest BCUT2D eigenvalue weighted by molar-refractivity contribution is 0.107. The zero-order chi connectivity index (χ0) is 13.7. The molecule has 4 heteroatoms. The topological polar surface area (TPSA) is 55.5 Å². The Kier molecular flexibility index (Phi) is 4.49. The molecule has 19 heavy (non-hydrogen) atoms. The average molecular weight is 261 g/mol. The molecule has 3 nitrogen and oxygen atoms in total. The maximum atomic E-state index is 13.0. The number of hydrogen-bond donors (Lipinski definition) is 2. The molecule has 0 aliphatic rings. The van der Waals surface area contributed by atoms with Gasteiger partial charge in [-0.2, -0.15) is 0 Å². The van der Waals surface area contributed by atoms with Crippen LogP contribution in [0.3, 0.4) is 0 Å². The van der Waals surface area contributed by atoms with Crippen LogP contribution in [-0.4, -0.2) is 11.7 Å². The first-order chi connectivity index (χ1) is 9.20. The van der Waals surface area contributed by atoms with E-state index >= 15 is 0 Å². The van der Waals surface area contributed by atoms with Crippen LogP contribution in [0.15, 0.2) is 48.5 Å². The quantitative estimate of drug-likeness (QED) is 0.869. The summed E-state index contributed by atoms with van der Waals surface area (Å²) in [7, 11) is 0. The Balaban J connectivity index is 2.03. The number of aliphatic hydroxyl groups is 1. The Morgan fingerprint density at radius 2 is 1.89 bits per heavy atom. The summed E-state index contributed by atoms with van der Waals surface area (Å²) < 4.78 is 18.5. The number of benzene rings is 2. The number of aliphatic hydroxyl groups excluding tert-OH is 1. The Hall–Kier alpha value is -1.91. The van der Waals surface area contributed by atoms with Crippen LogP contribution in [0.2, 0.25) is 0 Å². The molecule has 1 atom stereocenters. The van der Waals surface area contributed by atoms with Crippen molar-refractivity contribution < 1.29 is 14.2 Å². The lowest BCUT2D eigenvalue weighted by Gasteiger charge is -2.14. The Labute approximate surface area is 111 Å². The van der Waals surface area contributed by atoms with Gasteiger partial charge in [0.05, 0.1) is 0 Å². The zero-order valence-corrected chi connectivity index (χ0v) is 10.4. The molecule has 0 aromatic heterocycles. The van der Waals surface area contributed by atoms with Gasteiger partial charge in [0, 0.05) is 12.1 Å². The fraction of sp³-hybridized carbons (Fsp3) is 0.200. The van der Waals surface area contributed by atoms with Crippen LogP contribution in [0.25, 0.3) is 0 Å². The number of ether oxygens (including phenoxy) is 1. The van der Waals surface area contributed by atoms with Crippen LogP contribution in [0.1, 0.15) is 17.2 Å². The van der Waals surface area contributed by atoms with Gasteiger partial charge in [-0.3, -0.25) is 0 Å². The van der Waals surface area contributed by atoms with Crippen LogP contribution < -0.4 is 10.5 Å². The van der Waals surface area contributed by atoms with E-state index in [9.17, 15) is 9.50 Å². The van der Waals surface area contributed by atoms with E-state index in [-0.39, 0.29) is 19.0 Å². The smallest absolute Gasteiger partial charge is 0.124 e. The highest BCUT2D eigenvalue weighted by molar-refractivity contribution is 5.34. The molecule has 0 radical (unpaired) electrons. The minimum absolute atomic E-state index is 0.0998. The van der Waals surface area contributed by atoms with E-state index in [1.807, 2.05) is 30.3 Å². The SMILES string of the molecule is NCc1cc(F)ccc1OCC(O)c1ccccc1.